The van der Waals surface area contributed by atoms with Gasteiger partial charge in [-0.3, -0.25) is 10.2 Å². The molecule has 8 heteroatoms. The molecule has 2 aliphatic rings. The molecule has 5 rings (SSSR count). The zero-order valence-corrected chi connectivity index (χ0v) is 22.8. The molecule has 2 aromatic carbocycles. The minimum Gasteiger partial charge on any atom is -0.492 e. The van der Waals surface area contributed by atoms with E-state index >= 15 is 0 Å². The van der Waals surface area contributed by atoms with Crippen LogP contribution in [0.15, 0.2) is 70.4 Å². The Morgan fingerprint density at radius 3 is 2.76 bits per heavy atom. The fraction of sp³-hybridized carbons (Fsp3) is 0.333. The summed E-state index contributed by atoms with van der Waals surface area (Å²) in [5.74, 6) is 0.531. The first kappa shape index (κ1) is 26.0. The van der Waals surface area contributed by atoms with Gasteiger partial charge in [0.25, 0.3) is 5.91 Å². The van der Waals surface area contributed by atoms with Crippen LogP contribution in [0.4, 0.5) is 0 Å². The standard InChI is InChI=1S/C30H33N5O2S/c1-3-4-5-6-7-15-27-33-35-28(31)25(29(36)32-30(35)38-27)19-22-20-34(26-14-9-8-13-24(22)26)16-17-37-23-12-10-11-21(2)18-23/h8-14,18-20,31H,3-7,15-17H2,1-2H3/b25-19+,31-28?. The van der Waals surface area contributed by atoms with Crippen molar-refractivity contribution in [1.82, 2.24) is 9.58 Å². The molecule has 0 radical (unpaired) electrons. The summed E-state index contributed by atoms with van der Waals surface area (Å²) in [5, 5.41) is 17.3. The Hall–Kier alpha value is -3.65. The predicted octanol–water partition coefficient (Wildman–Crippen LogP) is 7.01. The van der Waals surface area contributed by atoms with Gasteiger partial charge in [-0.2, -0.15) is 15.1 Å². The minimum atomic E-state index is -0.396. The van der Waals surface area contributed by atoms with Crippen LogP contribution >= 0.6 is 11.8 Å². The number of aryl methyl sites for hydroxylation is 1. The van der Waals surface area contributed by atoms with E-state index in [2.05, 4.69) is 27.7 Å². The van der Waals surface area contributed by atoms with Gasteiger partial charge < -0.3 is 9.30 Å². The maximum absolute atomic E-state index is 13.0. The first-order chi connectivity index (χ1) is 18.5. The number of rotatable bonds is 11. The van der Waals surface area contributed by atoms with Gasteiger partial charge in [-0.05, 0) is 61.4 Å². The number of amidine groups is 2. The summed E-state index contributed by atoms with van der Waals surface area (Å²) >= 11 is 1.41. The number of ether oxygens (including phenoxy) is 1. The zero-order valence-electron chi connectivity index (χ0n) is 21.9. The summed E-state index contributed by atoms with van der Waals surface area (Å²) in [5.41, 5.74) is 3.33. The Labute approximate surface area is 227 Å². The lowest BCUT2D eigenvalue weighted by atomic mass is 10.1. The van der Waals surface area contributed by atoms with E-state index < -0.39 is 5.91 Å². The van der Waals surface area contributed by atoms with Gasteiger partial charge in [0.1, 0.15) is 17.4 Å². The molecule has 38 heavy (non-hydrogen) atoms. The monoisotopic (exact) mass is 527 g/mol. The highest BCUT2D eigenvalue weighted by atomic mass is 32.2. The number of para-hydroxylation sites is 1. The molecule has 0 aliphatic carbocycles. The van der Waals surface area contributed by atoms with Gasteiger partial charge in [0.15, 0.2) is 5.84 Å². The Balaban J connectivity index is 1.33. The molecule has 0 fully saturated rings. The predicted molar refractivity (Wildman–Crippen MR) is 157 cm³/mol. The lowest BCUT2D eigenvalue weighted by molar-refractivity contribution is -0.114. The summed E-state index contributed by atoms with van der Waals surface area (Å²) in [6, 6.07) is 16.1. The lowest BCUT2D eigenvalue weighted by Gasteiger charge is -2.20. The SMILES string of the molecule is CCCCCCCC1=NN2C(=N)/C(=C\c3cn(CCOc4cccc(C)c4)c4ccccc34)C(=O)N=C2S1. The summed E-state index contributed by atoms with van der Waals surface area (Å²) in [7, 11) is 0. The number of hydrogen-bond donors (Lipinski definition) is 1. The second-order valence-electron chi connectivity index (χ2n) is 9.64. The van der Waals surface area contributed by atoms with Gasteiger partial charge in [-0.1, -0.05) is 62.9 Å². The second kappa shape index (κ2) is 11.8. The third kappa shape index (κ3) is 5.75. The molecule has 3 aromatic rings. The van der Waals surface area contributed by atoms with E-state index in [9.17, 15) is 4.79 Å². The van der Waals surface area contributed by atoms with Crippen molar-refractivity contribution in [2.24, 2.45) is 10.1 Å². The molecule has 1 N–H and O–H groups in total. The number of benzene rings is 2. The molecule has 0 atom stereocenters. The van der Waals surface area contributed by atoms with Gasteiger partial charge >= 0.3 is 0 Å². The smallest absolute Gasteiger partial charge is 0.283 e. The highest BCUT2D eigenvalue weighted by Gasteiger charge is 2.35. The van der Waals surface area contributed by atoms with E-state index in [-0.39, 0.29) is 11.4 Å². The number of carbonyl (C=O) groups is 1. The van der Waals surface area contributed by atoms with E-state index in [1.807, 2.05) is 55.6 Å². The van der Waals surface area contributed by atoms with E-state index in [0.29, 0.717) is 18.3 Å². The number of amides is 1. The third-order valence-electron chi connectivity index (χ3n) is 6.70. The van der Waals surface area contributed by atoms with Crippen LogP contribution in [-0.4, -0.2) is 38.1 Å². The van der Waals surface area contributed by atoms with Crippen molar-refractivity contribution in [2.45, 2.75) is 58.9 Å². The first-order valence-corrected chi connectivity index (χ1v) is 14.1. The number of thioether (sulfide) groups is 1. The van der Waals surface area contributed by atoms with E-state index in [0.717, 1.165) is 45.7 Å². The molecular formula is C30H33N5O2S. The Kier molecular flexibility index (Phi) is 8.08. The summed E-state index contributed by atoms with van der Waals surface area (Å²) in [6.07, 6.45) is 10.6. The van der Waals surface area contributed by atoms with Crippen molar-refractivity contribution < 1.29 is 9.53 Å². The van der Waals surface area contributed by atoms with Crippen molar-refractivity contribution in [3.8, 4) is 5.75 Å². The molecular weight excluding hydrogens is 494 g/mol. The van der Waals surface area contributed by atoms with E-state index in [4.69, 9.17) is 10.1 Å². The average Bonchev–Trinajstić information content (AvgIpc) is 3.48. The number of carbonyl (C=O) groups excluding carboxylic acids is 1. The molecule has 2 aliphatic heterocycles. The number of hydrogen-bond acceptors (Lipinski definition) is 5. The quantitative estimate of drug-likeness (QED) is 0.215. The van der Waals surface area contributed by atoms with E-state index in [1.165, 1.54) is 42.5 Å². The van der Waals surface area contributed by atoms with E-state index in [1.54, 1.807) is 6.08 Å². The van der Waals surface area contributed by atoms with Crippen LogP contribution in [0, 0.1) is 12.3 Å². The summed E-state index contributed by atoms with van der Waals surface area (Å²) < 4.78 is 8.10. The van der Waals surface area contributed by atoms with Crippen LogP contribution in [0.5, 0.6) is 5.75 Å². The Morgan fingerprint density at radius 2 is 1.92 bits per heavy atom. The maximum atomic E-state index is 13.0. The second-order valence-corrected chi connectivity index (χ2v) is 10.7. The zero-order chi connectivity index (χ0) is 26.5. The number of aromatic nitrogens is 1. The normalized spacial score (nSPS) is 16.3. The minimum absolute atomic E-state index is 0.0769. The largest absolute Gasteiger partial charge is 0.492 e. The molecule has 1 amide bonds. The lowest BCUT2D eigenvalue weighted by Crippen LogP contribution is -2.35. The molecule has 196 valence electrons. The third-order valence-corrected chi connectivity index (χ3v) is 7.67. The molecule has 7 nitrogen and oxygen atoms in total. The van der Waals surface area contributed by atoms with Crippen molar-refractivity contribution >= 4 is 50.7 Å². The van der Waals surface area contributed by atoms with Crippen LogP contribution in [0.2, 0.25) is 0 Å². The first-order valence-electron chi connectivity index (χ1n) is 13.3. The molecule has 3 heterocycles. The fourth-order valence-electron chi connectivity index (χ4n) is 4.71. The van der Waals surface area contributed by atoms with Gasteiger partial charge in [0, 0.05) is 22.7 Å². The molecule has 0 saturated heterocycles. The van der Waals surface area contributed by atoms with Crippen molar-refractivity contribution in [2.75, 3.05) is 6.61 Å². The maximum Gasteiger partial charge on any atom is 0.283 e. The van der Waals surface area contributed by atoms with Crippen LogP contribution in [0.25, 0.3) is 17.0 Å². The highest BCUT2D eigenvalue weighted by Crippen LogP contribution is 2.31. The number of unbranched alkanes of at least 4 members (excludes halogenated alkanes) is 4. The number of aliphatic imine (C=N–C) groups is 1. The Bertz CT molecular complexity index is 1450. The molecule has 0 spiro atoms. The van der Waals surface area contributed by atoms with Gasteiger partial charge in [0.05, 0.1) is 12.1 Å². The number of nitrogens with zero attached hydrogens (tertiary/aromatic N) is 4. The number of nitrogens with one attached hydrogen (secondary N) is 1. The Morgan fingerprint density at radius 1 is 1.08 bits per heavy atom. The average molecular weight is 528 g/mol. The van der Waals surface area contributed by atoms with Gasteiger partial charge in [-0.15, -0.1) is 0 Å². The molecule has 1 aromatic heterocycles. The number of hydrazone groups is 1. The summed E-state index contributed by atoms with van der Waals surface area (Å²) in [4.78, 5) is 17.2. The number of fused-ring (bicyclic) bond motifs is 2. The van der Waals surface area contributed by atoms with Gasteiger partial charge in [0.2, 0.25) is 5.17 Å². The fourth-order valence-corrected chi connectivity index (χ4v) is 5.64. The van der Waals surface area contributed by atoms with Crippen LogP contribution in [0.3, 0.4) is 0 Å². The van der Waals surface area contributed by atoms with Crippen molar-refractivity contribution in [3.63, 3.8) is 0 Å². The highest BCUT2D eigenvalue weighted by molar-refractivity contribution is 8.26. The molecule has 0 saturated carbocycles. The molecule has 0 unspecified atom stereocenters. The summed E-state index contributed by atoms with van der Waals surface area (Å²) in [6.45, 7) is 5.42. The van der Waals surface area contributed by atoms with Crippen LogP contribution < -0.4 is 4.74 Å². The van der Waals surface area contributed by atoms with Crippen molar-refractivity contribution in [3.05, 3.63) is 71.4 Å². The van der Waals surface area contributed by atoms with Crippen LogP contribution in [0.1, 0.15) is 56.6 Å². The van der Waals surface area contributed by atoms with Crippen molar-refractivity contribution in [1.29, 1.82) is 5.41 Å². The molecule has 0 bridgehead atoms. The van der Waals surface area contributed by atoms with Gasteiger partial charge in [-0.25, -0.2) is 0 Å². The van der Waals surface area contributed by atoms with Crippen LogP contribution in [-0.2, 0) is 11.3 Å². The topological polar surface area (TPSA) is 83.0 Å².